The van der Waals surface area contributed by atoms with Crippen LogP contribution in [0.3, 0.4) is 0 Å². The predicted molar refractivity (Wildman–Crippen MR) is 103 cm³/mol. The van der Waals surface area contributed by atoms with Gasteiger partial charge in [-0.25, -0.2) is 0 Å². The Balaban J connectivity index is 2.44. The van der Waals surface area contributed by atoms with E-state index in [0.29, 0.717) is 19.6 Å². The molecule has 0 aliphatic heterocycles. The Bertz CT molecular complexity index is 543. The minimum absolute atomic E-state index is 0.0615. The summed E-state index contributed by atoms with van der Waals surface area (Å²) in [6.07, 6.45) is 1.37. The lowest BCUT2D eigenvalue weighted by Crippen LogP contribution is -2.41. The van der Waals surface area contributed by atoms with Crippen LogP contribution < -0.4 is 15.4 Å². The summed E-state index contributed by atoms with van der Waals surface area (Å²) in [7, 11) is 3.72. The maximum absolute atomic E-state index is 11.8. The van der Waals surface area contributed by atoms with Crippen LogP contribution in [0.4, 0.5) is 0 Å². The third kappa shape index (κ3) is 7.92. The molecule has 1 rings (SSSR count). The molecule has 6 heteroatoms. The molecule has 0 fully saturated rings. The van der Waals surface area contributed by atoms with Crippen LogP contribution >= 0.6 is 0 Å². The van der Waals surface area contributed by atoms with E-state index in [4.69, 9.17) is 4.74 Å². The van der Waals surface area contributed by atoms with E-state index in [-0.39, 0.29) is 11.9 Å². The summed E-state index contributed by atoms with van der Waals surface area (Å²) in [5.41, 5.74) is 1.17. The van der Waals surface area contributed by atoms with E-state index < -0.39 is 0 Å². The highest BCUT2D eigenvalue weighted by Gasteiger charge is 2.09. The van der Waals surface area contributed by atoms with Gasteiger partial charge in [0, 0.05) is 39.6 Å². The van der Waals surface area contributed by atoms with Crippen LogP contribution in [0.1, 0.15) is 39.2 Å². The van der Waals surface area contributed by atoms with Crippen LogP contribution in [0.2, 0.25) is 0 Å². The normalized spacial score (nSPS) is 12.4. The molecular weight excluding hydrogens is 316 g/mol. The number of carbonyl (C=O) groups excluding carboxylic acids is 1. The van der Waals surface area contributed by atoms with E-state index in [2.05, 4.69) is 22.5 Å². The van der Waals surface area contributed by atoms with Gasteiger partial charge in [0.2, 0.25) is 5.91 Å². The second-order valence-electron chi connectivity index (χ2n) is 6.03. The number of benzene rings is 1. The summed E-state index contributed by atoms with van der Waals surface area (Å²) < 4.78 is 5.46. The summed E-state index contributed by atoms with van der Waals surface area (Å²) in [5.74, 6) is 1.71. The van der Waals surface area contributed by atoms with E-state index >= 15 is 0 Å². The van der Waals surface area contributed by atoms with Crippen molar-refractivity contribution in [1.82, 2.24) is 15.5 Å². The second kappa shape index (κ2) is 11.3. The van der Waals surface area contributed by atoms with Crippen molar-refractivity contribution in [2.24, 2.45) is 4.99 Å². The maximum atomic E-state index is 11.8. The molecule has 0 aliphatic carbocycles. The number of hydrogen-bond acceptors (Lipinski definition) is 3. The molecule has 0 radical (unpaired) electrons. The van der Waals surface area contributed by atoms with Crippen LogP contribution in [0, 0.1) is 0 Å². The standard InChI is InChI=1S/C19H32N4O2/c1-6-15(3)22-18(24)12-13-21-19(20-4)23(5)14-16-8-10-17(11-9-16)25-7-2/h8-11,15H,6-7,12-14H2,1-5H3,(H,20,21)(H,22,24). The summed E-state index contributed by atoms with van der Waals surface area (Å²) in [6.45, 7) is 7.99. The Hall–Kier alpha value is -2.24. The van der Waals surface area contributed by atoms with Gasteiger partial charge < -0.3 is 20.3 Å². The lowest BCUT2D eigenvalue weighted by molar-refractivity contribution is -0.121. The van der Waals surface area contributed by atoms with Gasteiger partial charge in [0.1, 0.15) is 5.75 Å². The van der Waals surface area contributed by atoms with Gasteiger partial charge in [0.05, 0.1) is 6.61 Å². The minimum atomic E-state index is 0.0615. The number of aliphatic imine (C=N–C) groups is 1. The first-order valence-electron chi connectivity index (χ1n) is 8.93. The Kier molecular flexibility index (Phi) is 9.43. The Morgan fingerprint density at radius 3 is 2.52 bits per heavy atom. The van der Waals surface area contributed by atoms with Crippen molar-refractivity contribution in [2.75, 3.05) is 27.2 Å². The van der Waals surface area contributed by atoms with Crippen molar-refractivity contribution in [2.45, 2.75) is 46.2 Å². The smallest absolute Gasteiger partial charge is 0.221 e. The summed E-state index contributed by atoms with van der Waals surface area (Å²) in [5, 5.41) is 6.20. The number of nitrogens with zero attached hydrogens (tertiary/aromatic N) is 2. The van der Waals surface area contributed by atoms with Gasteiger partial charge >= 0.3 is 0 Å². The lowest BCUT2D eigenvalue weighted by Gasteiger charge is -2.22. The number of guanidine groups is 1. The molecule has 1 unspecified atom stereocenters. The van der Waals surface area contributed by atoms with Crippen molar-refractivity contribution in [3.05, 3.63) is 29.8 Å². The van der Waals surface area contributed by atoms with Crippen molar-refractivity contribution < 1.29 is 9.53 Å². The number of ether oxygens (including phenoxy) is 1. The first-order chi connectivity index (χ1) is 12.0. The molecule has 0 bridgehead atoms. The van der Waals surface area contributed by atoms with Gasteiger partial charge in [-0.1, -0.05) is 19.1 Å². The fourth-order valence-electron chi connectivity index (χ4n) is 2.33. The lowest BCUT2D eigenvalue weighted by atomic mass is 10.2. The van der Waals surface area contributed by atoms with Gasteiger partial charge in [-0.05, 0) is 38.0 Å². The van der Waals surface area contributed by atoms with Crippen LogP contribution in [-0.2, 0) is 11.3 Å². The molecule has 0 saturated heterocycles. The predicted octanol–water partition coefficient (Wildman–Crippen LogP) is 2.40. The van der Waals surface area contributed by atoms with E-state index in [1.54, 1.807) is 7.05 Å². The molecule has 1 aromatic carbocycles. The van der Waals surface area contributed by atoms with Gasteiger partial charge in [-0.2, -0.15) is 0 Å². The molecule has 1 aromatic rings. The zero-order chi connectivity index (χ0) is 18.7. The molecule has 0 heterocycles. The third-order valence-electron chi connectivity index (χ3n) is 3.88. The zero-order valence-electron chi connectivity index (χ0n) is 16.1. The van der Waals surface area contributed by atoms with Crippen LogP contribution in [0.25, 0.3) is 0 Å². The van der Waals surface area contributed by atoms with E-state index in [0.717, 1.165) is 24.7 Å². The SMILES string of the molecule is CCOc1ccc(CN(C)C(=NC)NCCC(=O)NC(C)CC)cc1. The highest BCUT2D eigenvalue weighted by atomic mass is 16.5. The van der Waals surface area contributed by atoms with E-state index in [1.165, 1.54) is 5.56 Å². The van der Waals surface area contributed by atoms with Crippen LogP contribution in [-0.4, -0.2) is 50.1 Å². The Morgan fingerprint density at radius 2 is 1.96 bits per heavy atom. The van der Waals surface area contributed by atoms with Crippen LogP contribution in [0.15, 0.2) is 29.3 Å². The number of rotatable bonds is 9. The molecule has 0 saturated carbocycles. The molecule has 25 heavy (non-hydrogen) atoms. The molecule has 2 N–H and O–H groups in total. The summed E-state index contributed by atoms with van der Waals surface area (Å²) in [6, 6.07) is 8.27. The average Bonchev–Trinajstić information content (AvgIpc) is 2.60. The summed E-state index contributed by atoms with van der Waals surface area (Å²) >= 11 is 0. The second-order valence-corrected chi connectivity index (χ2v) is 6.03. The number of carbonyl (C=O) groups is 1. The fraction of sp³-hybridized carbons (Fsp3) is 0.579. The number of amides is 1. The maximum Gasteiger partial charge on any atom is 0.221 e. The molecule has 0 aliphatic rings. The fourth-order valence-corrected chi connectivity index (χ4v) is 2.33. The molecule has 0 spiro atoms. The molecule has 140 valence electrons. The summed E-state index contributed by atoms with van der Waals surface area (Å²) in [4.78, 5) is 18.1. The molecular formula is C19H32N4O2. The average molecular weight is 348 g/mol. The van der Waals surface area contributed by atoms with Crippen molar-refractivity contribution in [3.8, 4) is 5.75 Å². The Morgan fingerprint density at radius 1 is 1.28 bits per heavy atom. The monoisotopic (exact) mass is 348 g/mol. The van der Waals surface area contributed by atoms with Gasteiger partial charge in [-0.15, -0.1) is 0 Å². The first kappa shape index (κ1) is 20.8. The largest absolute Gasteiger partial charge is 0.494 e. The third-order valence-corrected chi connectivity index (χ3v) is 3.88. The van der Waals surface area contributed by atoms with Gasteiger partial charge in [0.15, 0.2) is 5.96 Å². The molecule has 1 amide bonds. The van der Waals surface area contributed by atoms with Crippen molar-refractivity contribution in [1.29, 1.82) is 0 Å². The van der Waals surface area contributed by atoms with Crippen molar-refractivity contribution >= 4 is 11.9 Å². The van der Waals surface area contributed by atoms with Gasteiger partial charge in [-0.3, -0.25) is 9.79 Å². The zero-order valence-corrected chi connectivity index (χ0v) is 16.1. The topological polar surface area (TPSA) is 66.0 Å². The highest BCUT2D eigenvalue weighted by molar-refractivity contribution is 5.81. The van der Waals surface area contributed by atoms with Crippen LogP contribution in [0.5, 0.6) is 5.75 Å². The first-order valence-corrected chi connectivity index (χ1v) is 8.93. The van der Waals surface area contributed by atoms with E-state index in [1.807, 2.05) is 50.1 Å². The quantitative estimate of drug-likeness (QED) is 0.531. The number of nitrogens with one attached hydrogen (secondary N) is 2. The molecule has 1 atom stereocenters. The van der Waals surface area contributed by atoms with E-state index in [9.17, 15) is 4.79 Å². The molecule has 6 nitrogen and oxygen atoms in total. The van der Waals surface area contributed by atoms with Gasteiger partial charge in [0.25, 0.3) is 0 Å². The highest BCUT2D eigenvalue weighted by Crippen LogP contribution is 2.13. The number of hydrogen-bond donors (Lipinski definition) is 2. The van der Waals surface area contributed by atoms with Crippen molar-refractivity contribution in [3.63, 3.8) is 0 Å². The Labute approximate surface area is 151 Å². The molecule has 0 aromatic heterocycles. The minimum Gasteiger partial charge on any atom is -0.494 e.